The van der Waals surface area contributed by atoms with Gasteiger partial charge in [0.25, 0.3) is 0 Å². The van der Waals surface area contributed by atoms with Gasteiger partial charge in [-0.25, -0.2) is 0 Å². The molecule has 1 aliphatic rings. The van der Waals surface area contributed by atoms with E-state index in [9.17, 15) is 9.36 Å². The second-order valence-corrected chi connectivity index (χ2v) is 10.7. The zero-order valence-electron chi connectivity index (χ0n) is 19.0. The summed E-state index contributed by atoms with van der Waals surface area (Å²) in [7, 11) is -2.07. The Balaban J connectivity index is 1.61. The van der Waals surface area contributed by atoms with Gasteiger partial charge in [0.1, 0.15) is 11.5 Å². The van der Waals surface area contributed by atoms with E-state index in [4.69, 9.17) is 9.26 Å². The number of hydrogen-bond acceptors (Lipinski definition) is 4. The fraction of sp³-hybridized carbons (Fsp3) is 0.0333. The van der Waals surface area contributed by atoms with Crippen LogP contribution in [-0.4, -0.2) is 13.4 Å². The third-order valence-electron chi connectivity index (χ3n) is 6.50. The SMILES string of the molecule is COc1cc(P2(=O)Oc3ccccc3-c3ccccc32)c(C=O)cc1-c1cccc2ccccc12. The molecule has 0 bridgehead atoms. The van der Waals surface area contributed by atoms with Gasteiger partial charge in [0.05, 0.1) is 17.7 Å². The second-order valence-electron chi connectivity index (χ2n) is 8.41. The molecule has 1 unspecified atom stereocenters. The highest BCUT2D eigenvalue weighted by Crippen LogP contribution is 2.55. The Kier molecular flexibility index (Phi) is 5.05. The molecule has 35 heavy (non-hydrogen) atoms. The van der Waals surface area contributed by atoms with Crippen molar-refractivity contribution in [1.82, 2.24) is 0 Å². The Bertz CT molecular complexity index is 1670. The smallest absolute Gasteiger partial charge is 0.308 e. The summed E-state index contributed by atoms with van der Waals surface area (Å²) in [5, 5.41) is 3.02. The van der Waals surface area contributed by atoms with Crippen LogP contribution >= 0.6 is 7.37 Å². The first-order chi connectivity index (χ1) is 17.1. The summed E-state index contributed by atoms with van der Waals surface area (Å²) < 4.78 is 26.7. The fourth-order valence-electron chi connectivity index (χ4n) is 4.87. The molecule has 5 aromatic rings. The zero-order valence-corrected chi connectivity index (χ0v) is 19.9. The van der Waals surface area contributed by atoms with E-state index < -0.39 is 7.37 Å². The molecule has 0 radical (unpaired) electrons. The second kappa shape index (κ2) is 8.26. The van der Waals surface area contributed by atoms with Crippen molar-refractivity contribution in [3.05, 3.63) is 109 Å². The third-order valence-corrected chi connectivity index (χ3v) is 9.00. The number of carbonyl (C=O) groups is 1. The average Bonchev–Trinajstić information content (AvgIpc) is 2.92. The highest BCUT2D eigenvalue weighted by atomic mass is 31.2. The van der Waals surface area contributed by atoms with Crippen LogP contribution in [0.1, 0.15) is 10.4 Å². The Labute approximate surface area is 203 Å². The van der Waals surface area contributed by atoms with Crippen LogP contribution in [0.15, 0.2) is 103 Å². The molecule has 0 saturated heterocycles. The van der Waals surface area contributed by atoms with E-state index in [-0.39, 0.29) is 0 Å². The molecule has 0 spiro atoms. The van der Waals surface area contributed by atoms with Crippen molar-refractivity contribution in [2.24, 2.45) is 0 Å². The Morgan fingerprint density at radius 3 is 2.23 bits per heavy atom. The van der Waals surface area contributed by atoms with Crippen molar-refractivity contribution in [3.8, 4) is 33.8 Å². The largest absolute Gasteiger partial charge is 0.496 e. The molecule has 0 amide bonds. The van der Waals surface area contributed by atoms with Crippen molar-refractivity contribution in [3.63, 3.8) is 0 Å². The van der Waals surface area contributed by atoms with Crippen LogP contribution in [0.25, 0.3) is 33.0 Å². The lowest BCUT2D eigenvalue weighted by atomic mass is 9.96. The van der Waals surface area contributed by atoms with Gasteiger partial charge in [0.15, 0.2) is 6.29 Å². The molecule has 4 nitrogen and oxygen atoms in total. The summed E-state index contributed by atoms with van der Waals surface area (Å²) in [6.45, 7) is 0. The molecule has 0 fully saturated rings. The number of benzene rings is 5. The van der Waals surface area contributed by atoms with E-state index in [1.807, 2.05) is 84.9 Å². The topological polar surface area (TPSA) is 52.6 Å². The minimum atomic E-state index is -3.65. The first-order valence-corrected chi connectivity index (χ1v) is 12.9. The van der Waals surface area contributed by atoms with Gasteiger partial charge < -0.3 is 9.26 Å². The van der Waals surface area contributed by atoms with Crippen molar-refractivity contribution < 1.29 is 18.6 Å². The molecule has 6 rings (SSSR count). The Morgan fingerprint density at radius 1 is 0.714 bits per heavy atom. The number of rotatable bonds is 4. The maximum atomic E-state index is 14.7. The maximum absolute atomic E-state index is 14.7. The van der Waals surface area contributed by atoms with E-state index in [1.165, 1.54) is 0 Å². The van der Waals surface area contributed by atoms with Crippen molar-refractivity contribution in [1.29, 1.82) is 0 Å². The quantitative estimate of drug-likeness (QED) is 0.216. The predicted octanol–water partition coefficient (Wildman–Crippen LogP) is 6.62. The van der Waals surface area contributed by atoms with Crippen LogP contribution < -0.4 is 19.9 Å². The van der Waals surface area contributed by atoms with E-state index in [0.29, 0.717) is 27.7 Å². The van der Waals surface area contributed by atoms with E-state index in [2.05, 4.69) is 0 Å². The monoisotopic (exact) mass is 476 g/mol. The summed E-state index contributed by atoms with van der Waals surface area (Å²) in [4.78, 5) is 12.4. The number of hydrogen-bond donors (Lipinski definition) is 0. The van der Waals surface area contributed by atoms with Gasteiger partial charge in [-0.2, -0.15) is 0 Å². The summed E-state index contributed by atoms with van der Waals surface area (Å²) in [5.41, 5.74) is 3.72. The molecule has 1 atom stereocenters. The van der Waals surface area contributed by atoms with Crippen LogP contribution in [0, 0.1) is 0 Å². The molecule has 1 aliphatic heterocycles. The van der Waals surface area contributed by atoms with Gasteiger partial charge >= 0.3 is 7.37 Å². The fourth-order valence-corrected chi connectivity index (χ4v) is 7.30. The number of ether oxygens (including phenoxy) is 1. The summed E-state index contributed by atoms with van der Waals surface area (Å²) in [6, 6.07) is 32.6. The van der Waals surface area contributed by atoms with Gasteiger partial charge in [-0.05, 0) is 46.2 Å². The van der Waals surface area contributed by atoms with Gasteiger partial charge in [0.2, 0.25) is 0 Å². The Hall–Kier alpha value is -4.14. The van der Waals surface area contributed by atoms with Crippen LogP contribution in [0.4, 0.5) is 0 Å². The number of methoxy groups -OCH3 is 1. The van der Waals surface area contributed by atoms with Gasteiger partial charge in [-0.3, -0.25) is 9.36 Å². The van der Waals surface area contributed by atoms with Crippen molar-refractivity contribution in [2.75, 3.05) is 7.11 Å². The highest BCUT2D eigenvalue weighted by molar-refractivity contribution is 7.75. The number of fused-ring (bicyclic) bond motifs is 4. The minimum Gasteiger partial charge on any atom is -0.496 e. The third kappa shape index (κ3) is 3.30. The molecular formula is C30H21O4P. The highest BCUT2D eigenvalue weighted by Gasteiger charge is 2.40. The standard InChI is InChI=1S/C30H21O4P/c1-33-28-18-30(21(19-31)17-26(28)23-14-8-10-20-9-2-3-11-22(20)23)35(32)29-16-7-5-13-25(29)24-12-4-6-15-27(24)34-35/h2-19H,1H3. The van der Waals surface area contributed by atoms with Crippen LogP contribution in [0.5, 0.6) is 11.5 Å². The summed E-state index contributed by atoms with van der Waals surface area (Å²) >= 11 is 0. The first kappa shape index (κ1) is 21.4. The molecule has 0 aromatic heterocycles. The lowest BCUT2D eigenvalue weighted by Crippen LogP contribution is -2.27. The summed E-state index contributed by atoms with van der Waals surface area (Å²) in [5.74, 6) is 1.06. The van der Waals surface area contributed by atoms with Crippen molar-refractivity contribution >= 4 is 35.0 Å². The maximum Gasteiger partial charge on any atom is 0.308 e. The lowest BCUT2D eigenvalue weighted by molar-refractivity contribution is 0.112. The molecule has 1 heterocycles. The molecule has 0 N–H and O–H groups in total. The van der Waals surface area contributed by atoms with Crippen molar-refractivity contribution in [2.45, 2.75) is 0 Å². The molecule has 0 saturated carbocycles. The number of para-hydroxylation sites is 1. The van der Waals surface area contributed by atoms with Crippen LogP contribution in [-0.2, 0) is 4.57 Å². The number of aldehydes is 1. The molecule has 0 aliphatic carbocycles. The minimum absolute atomic E-state index is 0.311. The normalized spacial score (nSPS) is 16.1. The Morgan fingerprint density at radius 2 is 1.40 bits per heavy atom. The zero-order chi connectivity index (χ0) is 24.0. The lowest BCUT2D eigenvalue weighted by Gasteiger charge is -2.30. The van der Waals surface area contributed by atoms with Crippen LogP contribution in [0.2, 0.25) is 0 Å². The predicted molar refractivity (Wildman–Crippen MR) is 141 cm³/mol. The summed E-state index contributed by atoms with van der Waals surface area (Å²) in [6.07, 6.45) is 0.746. The molecular weight excluding hydrogens is 455 g/mol. The van der Waals surface area contributed by atoms with Gasteiger partial charge in [-0.15, -0.1) is 0 Å². The first-order valence-electron chi connectivity index (χ1n) is 11.3. The van der Waals surface area contributed by atoms with Gasteiger partial charge in [-0.1, -0.05) is 78.9 Å². The number of carbonyl (C=O) groups excluding carboxylic acids is 1. The van der Waals surface area contributed by atoms with E-state index in [1.54, 1.807) is 25.3 Å². The average molecular weight is 476 g/mol. The van der Waals surface area contributed by atoms with E-state index >= 15 is 0 Å². The van der Waals surface area contributed by atoms with Gasteiger partial charge in [0, 0.05) is 16.7 Å². The molecule has 5 aromatic carbocycles. The molecule has 5 heteroatoms. The molecule has 170 valence electrons. The van der Waals surface area contributed by atoms with E-state index in [0.717, 1.165) is 39.3 Å². The van der Waals surface area contributed by atoms with Crippen LogP contribution in [0.3, 0.4) is 0 Å².